The number of para-hydroxylation sites is 1. The molecule has 0 bridgehead atoms. The van der Waals surface area contributed by atoms with Crippen LogP contribution in [-0.2, 0) is 16.1 Å². The van der Waals surface area contributed by atoms with E-state index in [1.54, 1.807) is 11.3 Å². The molecule has 0 N–H and O–H groups in total. The van der Waals surface area contributed by atoms with E-state index in [2.05, 4.69) is 18.4 Å². The fourth-order valence-electron chi connectivity index (χ4n) is 2.78. The molecule has 1 unspecified atom stereocenters. The Labute approximate surface area is 147 Å². The molecule has 0 spiro atoms. The average Bonchev–Trinajstić information content (AvgIpc) is 3.25. The van der Waals surface area contributed by atoms with E-state index in [4.69, 9.17) is 9.47 Å². The van der Waals surface area contributed by atoms with Gasteiger partial charge in [-0.25, -0.2) is 0 Å². The number of carbonyl (C=O) groups excluding carboxylic acids is 1. The first-order valence-electron chi connectivity index (χ1n) is 8.32. The van der Waals surface area contributed by atoms with Crippen molar-refractivity contribution in [2.75, 3.05) is 19.8 Å². The van der Waals surface area contributed by atoms with Gasteiger partial charge in [-0.3, -0.25) is 4.79 Å². The van der Waals surface area contributed by atoms with Crippen molar-refractivity contribution in [1.29, 1.82) is 0 Å². The van der Waals surface area contributed by atoms with E-state index in [0.29, 0.717) is 13.1 Å². The van der Waals surface area contributed by atoms with Gasteiger partial charge in [0.25, 0.3) is 5.91 Å². The normalized spacial score (nSPS) is 17.0. The zero-order chi connectivity index (χ0) is 16.8. The Morgan fingerprint density at radius 1 is 1.33 bits per heavy atom. The van der Waals surface area contributed by atoms with E-state index in [1.165, 1.54) is 10.4 Å². The minimum absolute atomic E-state index is 0.00199. The Morgan fingerprint density at radius 3 is 2.83 bits per heavy atom. The van der Waals surface area contributed by atoms with Crippen LogP contribution >= 0.6 is 11.3 Å². The molecule has 1 fully saturated rings. The van der Waals surface area contributed by atoms with Crippen LogP contribution in [-0.4, -0.2) is 36.7 Å². The molecule has 0 aliphatic carbocycles. The van der Waals surface area contributed by atoms with Crippen LogP contribution in [0.5, 0.6) is 5.75 Å². The average molecular weight is 345 g/mol. The Balaban J connectivity index is 1.63. The summed E-state index contributed by atoms with van der Waals surface area (Å²) in [5.74, 6) is 0.720. The summed E-state index contributed by atoms with van der Waals surface area (Å²) in [5, 5.41) is 2.07. The number of rotatable bonds is 7. The number of amides is 1. The van der Waals surface area contributed by atoms with Crippen molar-refractivity contribution < 1.29 is 14.3 Å². The highest BCUT2D eigenvalue weighted by Gasteiger charge is 2.23. The predicted octanol–water partition coefficient (Wildman–Crippen LogP) is 3.64. The van der Waals surface area contributed by atoms with Crippen molar-refractivity contribution in [2.45, 2.75) is 32.4 Å². The fraction of sp³-hybridized carbons (Fsp3) is 0.421. The van der Waals surface area contributed by atoms with Crippen molar-refractivity contribution in [2.24, 2.45) is 0 Å². The van der Waals surface area contributed by atoms with Gasteiger partial charge < -0.3 is 14.4 Å². The fourth-order valence-corrected chi connectivity index (χ4v) is 3.70. The quantitative estimate of drug-likeness (QED) is 0.769. The second-order valence-electron chi connectivity index (χ2n) is 6.04. The maximum Gasteiger partial charge on any atom is 0.260 e. The zero-order valence-electron chi connectivity index (χ0n) is 13.9. The summed E-state index contributed by atoms with van der Waals surface area (Å²) >= 11 is 1.69. The maximum atomic E-state index is 12.7. The van der Waals surface area contributed by atoms with Gasteiger partial charge in [0.1, 0.15) is 5.75 Å². The molecule has 3 rings (SSSR count). The Hall–Kier alpha value is -1.85. The van der Waals surface area contributed by atoms with Crippen LogP contribution in [0.25, 0.3) is 0 Å². The van der Waals surface area contributed by atoms with Crippen LogP contribution < -0.4 is 4.74 Å². The monoisotopic (exact) mass is 345 g/mol. The smallest absolute Gasteiger partial charge is 0.260 e. The van der Waals surface area contributed by atoms with Gasteiger partial charge in [-0.15, -0.1) is 11.3 Å². The highest BCUT2D eigenvalue weighted by molar-refractivity contribution is 7.10. The third-order valence-electron chi connectivity index (χ3n) is 4.21. The lowest BCUT2D eigenvalue weighted by Crippen LogP contribution is -2.39. The molecule has 128 valence electrons. The summed E-state index contributed by atoms with van der Waals surface area (Å²) in [5.41, 5.74) is 1.23. The summed E-state index contributed by atoms with van der Waals surface area (Å²) in [6.45, 7) is 4.20. The number of nitrogens with zero attached hydrogens (tertiary/aromatic N) is 1. The molecule has 0 saturated carbocycles. The van der Waals surface area contributed by atoms with E-state index in [0.717, 1.165) is 25.2 Å². The van der Waals surface area contributed by atoms with Crippen molar-refractivity contribution in [3.05, 3.63) is 52.2 Å². The van der Waals surface area contributed by atoms with E-state index >= 15 is 0 Å². The molecule has 2 aromatic rings. The minimum atomic E-state index is 0.00199. The van der Waals surface area contributed by atoms with Gasteiger partial charge in [0.15, 0.2) is 6.61 Å². The molecule has 5 heteroatoms. The van der Waals surface area contributed by atoms with Crippen molar-refractivity contribution in [1.82, 2.24) is 4.90 Å². The molecular formula is C19H23NO3S. The molecule has 1 aliphatic rings. The van der Waals surface area contributed by atoms with Gasteiger partial charge >= 0.3 is 0 Å². The standard InChI is InChI=1S/C19H23NO3S/c1-15-9-11-24-18(15)13-20(12-17-8-5-10-22-17)19(21)14-23-16-6-3-2-4-7-16/h2-4,6-7,9,11,17H,5,8,10,12-14H2,1H3. The first-order chi connectivity index (χ1) is 11.7. The Kier molecular flexibility index (Phi) is 5.88. The second-order valence-corrected chi connectivity index (χ2v) is 7.04. The van der Waals surface area contributed by atoms with E-state index in [9.17, 15) is 4.79 Å². The third kappa shape index (κ3) is 4.58. The minimum Gasteiger partial charge on any atom is -0.484 e. The van der Waals surface area contributed by atoms with Gasteiger partial charge in [-0.05, 0) is 48.9 Å². The van der Waals surface area contributed by atoms with Crippen molar-refractivity contribution in [3.63, 3.8) is 0 Å². The van der Waals surface area contributed by atoms with Gasteiger partial charge in [0.2, 0.25) is 0 Å². The molecule has 0 radical (unpaired) electrons. The Bertz CT molecular complexity index is 650. The Morgan fingerprint density at radius 2 is 2.17 bits per heavy atom. The number of hydrogen-bond donors (Lipinski definition) is 0. The number of thiophene rings is 1. The lowest BCUT2D eigenvalue weighted by molar-refractivity contribution is -0.135. The number of benzene rings is 1. The van der Waals surface area contributed by atoms with Gasteiger partial charge in [0.05, 0.1) is 12.6 Å². The van der Waals surface area contributed by atoms with Crippen LogP contribution in [0.4, 0.5) is 0 Å². The topological polar surface area (TPSA) is 38.8 Å². The van der Waals surface area contributed by atoms with E-state index in [-0.39, 0.29) is 18.6 Å². The largest absolute Gasteiger partial charge is 0.484 e. The summed E-state index contributed by atoms with van der Waals surface area (Å²) < 4.78 is 11.3. The highest BCUT2D eigenvalue weighted by Crippen LogP contribution is 2.20. The summed E-state index contributed by atoms with van der Waals surface area (Å²) in [7, 11) is 0. The molecule has 1 atom stereocenters. The van der Waals surface area contributed by atoms with E-state index < -0.39 is 0 Å². The lowest BCUT2D eigenvalue weighted by Gasteiger charge is -2.25. The third-order valence-corrected chi connectivity index (χ3v) is 5.22. The van der Waals surface area contributed by atoms with Crippen molar-refractivity contribution in [3.8, 4) is 5.75 Å². The van der Waals surface area contributed by atoms with Crippen LogP contribution in [0, 0.1) is 6.92 Å². The molecule has 1 aromatic carbocycles. The number of carbonyl (C=O) groups is 1. The van der Waals surface area contributed by atoms with Crippen molar-refractivity contribution >= 4 is 17.2 Å². The number of ether oxygens (including phenoxy) is 2. The predicted molar refractivity (Wildman–Crippen MR) is 95.4 cm³/mol. The second kappa shape index (κ2) is 8.31. The van der Waals surface area contributed by atoms with Crippen LogP contribution in [0.15, 0.2) is 41.8 Å². The van der Waals surface area contributed by atoms with Gasteiger partial charge in [-0.2, -0.15) is 0 Å². The molecule has 1 aromatic heterocycles. The SMILES string of the molecule is Cc1ccsc1CN(CC1CCCO1)C(=O)COc1ccccc1. The van der Waals surface area contributed by atoms with Gasteiger partial charge in [-0.1, -0.05) is 18.2 Å². The van der Waals surface area contributed by atoms with Crippen LogP contribution in [0.3, 0.4) is 0 Å². The summed E-state index contributed by atoms with van der Waals surface area (Å²) in [6, 6.07) is 11.5. The molecule has 1 aliphatic heterocycles. The van der Waals surface area contributed by atoms with Crippen LogP contribution in [0.1, 0.15) is 23.3 Å². The molecule has 4 nitrogen and oxygen atoms in total. The maximum absolute atomic E-state index is 12.7. The number of aryl methyl sites for hydroxylation is 1. The zero-order valence-corrected chi connectivity index (χ0v) is 14.8. The van der Waals surface area contributed by atoms with E-state index in [1.807, 2.05) is 35.2 Å². The van der Waals surface area contributed by atoms with Crippen LogP contribution in [0.2, 0.25) is 0 Å². The molecule has 24 heavy (non-hydrogen) atoms. The number of hydrogen-bond acceptors (Lipinski definition) is 4. The molecule has 2 heterocycles. The van der Waals surface area contributed by atoms with Gasteiger partial charge in [0, 0.05) is 18.0 Å². The molecule has 1 amide bonds. The highest BCUT2D eigenvalue weighted by atomic mass is 32.1. The summed E-state index contributed by atoms with van der Waals surface area (Å²) in [4.78, 5) is 15.8. The molecular weight excluding hydrogens is 322 g/mol. The lowest BCUT2D eigenvalue weighted by atomic mass is 10.2. The first kappa shape index (κ1) is 17.0. The summed E-state index contributed by atoms with van der Waals surface area (Å²) in [6.07, 6.45) is 2.24. The first-order valence-corrected chi connectivity index (χ1v) is 9.20. The molecule has 1 saturated heterocycles.